The Bertz CT molecular complexity index is 1480. The molecule has 0 aliphatic heterocycles. The number of aliphatic hydroxyl groups is 1. The summed E-state index contributed by atoms with van der Waals surface area (Å²) >= 11 is 0. The largest absolute Gasteiger partial charge is 0.472 e. The van der Waals surface area contributed by atoms with Gasteiger partial charge in [-0.25, -0.2) is 4.57 Å². The first kappa shape index (κ1) is 71.7. The summed E-state index contributed by atoms with van der Waals surface area (Å²) in [5, 5.41) is 14.1. The Morgan fingerprint density at radius 1 is 0.473 bits per heavy atom. The van der Waals surface area contributed by atoms with E-state index in [-0.39, 0.29) is 19.1 Å². The van der Waals surface area contributed by atoms with Crippen molar-refractivity contribution in [1.82, 2.24) is 5.32 Å². The van der Waals surface area contributed by atoms with E-state index in [4.69, 9.17) is 9.05 Å². The zero-order valence-electron chi connectivity index (χ0n) is 49.1. The molecule has 9 heteroatoms. The van der Waals surface area contributed by atoms with E-state index in [2.05, 4.69) is 104 Å². The number of amides is 1. The molecule has 0 heterocycles. The number of aliphatic hydroxyl groups excluding tert-OH is 1. The Morgan fingerprint density at radius 3 is 1.18 bits per heavy atom. The van der Waals surface area contributed by atoms with Gasteiger partial charge in [-0.05, 0) is 70.6 Å². The number of rotatable bonds is 56. The first-order valence-corrected chi connectivity index (χ1v) is 32.4. The van der Waals surface area contributed by atoms with Crippen molar-refractivity contribution in [2.75, 3.05) is 40.9 Å². The topological polar surface area (TPSA) is 105 Å². The summed E-state index contributed by atoms with van der Waals surface area (Å²) in [7, 11) is 1.59. The van der Waals surface area contributed by atoms with Gasteiger partial charge in [0.15, 0.2) is 0 Å². The second-order valence-corrected chi connectivity index (χ2v) is 23.5. The van der Waals surface area contributed by atoms with E-state index in [0.717, 1.165) is 89.9 Å². The molecule has 0 aromatic rings. The van der Waals surface area contributed by atoms with Gasteiger partial charge in [0.1, 0.15) is 13.2 Å². The van der Waals surface area contributed by atoms with Gasteiger partial charge in [0, 0.05) is 6.42 Å². The van der Waals surface area contributed by atoms with E-state index in [1.807, 2.05) is 21.1 Å². The summed E-state index contributed by atoms with van der Waals surface area (Å²) in [6.45, 7) is 4.77. The molecule has 8 nitrogen and oxygen atoms in total. The van der Waals surface area contributed by atoms with Gasteiger partial charge in [0.25, 0.3) is 0 Å². The summed E-state index contributed by atoms with van der Waals surface area (Å²) in [5.74, 6) is -0.176. The average Bonchev–Trinajstić information content (AvgIpc) is 3.36. The number of phosphoric acid groups is 1. The zero-order valence-corrected chi connectivity index (χ0v) is 50.0. The van der Waals surface area contributed by atoms with Crippen molar-refractivity contribution in [1.29, 1.82) is 0 Å². The molecule has 3 N–H and O–H groups in total. The number of allylic oxidation sites excluding steroid dienone is 14. The van der Waals surface area contributed by atoms with Gasteiger partial charge in [-0.3, -0.25) is 13.8 Å². The van der Waals surface area contributed by atoms with Crippen LogP contribution in [-0.4, -0.2) is 73.4 Å². The van der Waals surface area contributed by atoms with Crippen LogP contribution >= 0.6 is 7.82 Å². The smallest absolute Gasteiger partial charge is 0.391 e. The quantitative estimate of drug-likeness (QED) is 0.0243. The molecule has 0 bridgehead atoms. The highest BCUT2D eigenvalue weighted by molar-refractivity contribution is 7.47. The van der Waals surface area contributed by atoms with Crippen molar-refractivity contribution in [2.24, 2.45) is 0 Å². The van der Waals surface area contributed by atoms with Crippen molar-refractivity contribution in [3.63, 3.8) is 0 Å². The summed E-state index contributed by atoms with van der Waals surface area (Å²) in [6, 6.07) is -0.786. The van der Waals surface area contributed by atoms with Crippen LogP contribution in [0, 0.1) is 0 Å². The minimum absolute atomic E-state index is 0.0637. The summed E-state index contributed by atoms with van der Waals surface area (Å²) in [4.78, 5) is 23.4. The standard InChI is InChI=1S/C65H119N2O6P/c1-6-8-10-12-14-16-18-20-22-24-26-28-30-32-33-35-36-38-40-42-44-46-48-50-52-54-56-58-64(68)63(62-73-74(70,71)72-61-60-67(3,4)5)66-65(69)59-57-55-53-51-49-47-45-43-41-39-37-34-31-29-27-25-23-21-19-17-15-13-11-9-7-2/h9,11,15,17,21,23,27,29,34,37,41,43,47,49,63-64,68H,6-8,10,12-14,16,18-20,22,24-26,28,30-33,35-36,38-40,42,44-46,48,50-62H2,1-5H3,(H-,66,69,70,71)/p+1/b11-9-,17-15-,23-21-,29-27-,37-34-,43-41-,49-47-. The number of carbonyl (C=O) groups excluding carboxylic acids is 1. The molecule has 0 saturated carbocycles. The lowest BCUT2D eigenvalue weighted by atomic mass is 10.0. The maximum atomic E-state index is 13.0. The molecule has 1 amide bonds. The highest BCUT2D eigenvalue weighted by atomic mass is 31.2. The number of unbranched alkanes of at least 4 members (excludes halogenated alkanes) is 29. The monoisotopic (exact) mass is 1060 g/mol. The van der Waals surface area contributed by atoms with Crippen LogP contribution in [0.4, 0.5) is 0 Å². The van der Waals surface area contributed by atoms with Crippen LogP contribution in [0.2, 0.25) is 0 Å². The molecule has 0 rings (SSSR count). The predicted octanol–water partition coefficient (Wildman–Crippen LogP) is 19.2. The Morgan fingerprint density at radius 2 is 0.811 bits per heavy atom. The van der Waals surface area contributed by atoms with Crippen LogP contribution in [0.3, 0.4) is 0 Å². The number of hydrogen-bond donors (Lipinski definition) is 3. The third-order valence-electron chi connectivity index (χ3n) is 13.7. The van der Waals surface area contributed by atoms with E-state index in [1.54, 1.807) is 0 Å². The minimum Gasteiger partial charge on any atom is -0.391 e. The van der Waals surface area contributed by atoms with Gasteiger partial charge >= 0.3 is 7.82 Å². The molecule has 0 aliphatic carbocycles. The van der Waals surface area contributed by atoms with E-state index < -0.39 is 20.0 Å². The fraction of sp³-hybridized carbons (Fsp3) is 0.769. The third kappa shape index (κ3) is 57.4. The van der Waals surface area contributed by atoms with E-state index in [9.17, 15) is 19.4 Å². The highest BCUT2D eigenvalue weighted by Crippen LogP contribution is 2.43. The number of likely N-dealkylation sites (N-methyl/N-ethyl adjacent to an activating group) is 1. The van der Waals surface area contributed by atoms with Crippen LogP contribution in [0.1, 0.15) is 271 Å². The van der Waals surface area contributed by atoms with Gasteiger partial charge in [-0.1, -0.05) is 279 Å². The van der Waals surface area contributed by atoms with Crippen LogP contribution in [0.5, 0.6) is 0 Å². The van der Waals surface area contributed by atoms with Crippen LogP contribution < -0.4 is 5.32 Å². The summed E-state index contributed by atoms with van der Waals surface area (Å²) < 4.78 is 23.8. The fourth-order valence-corrected chi connectivity index (χ4v) is 9.59. The van der Waals surface area contributed by atoms with Gasteiger partial charge in [0.2, 0.25) is 5.91 Å². The maximum Gasteiger partial charge on any atom is 0.472 e. The molecule has 0 saturated heterocycles. The number of carbonyl (C=O) groups is 1. The second kappa shape index (κ2) is 55.4. The number of nitrogens with zero attached hydrogens (tertiary/aromatic N) is 1. The molecule has 0 fully saturated rings. The Labute approximate surface area is 458 Å². The molecule has 0 radical (unpaired) electrons. The van der Waals surface area contributed by atoms with Crippen molar-refractivity contribution >= 4 is 13.7 Å². The first-order valence-electron chi connectivity index (χ1n) is 31.0. The molecule has 0 aliphatic rings. The van der Waals surface area contributed by atoms with Gasteiger partial charge in [0.05, 0.1) is 39.9 Å². The molecule has 3 atom stereocenters. The van der Waals surface area contributed by atoms with E-state index >= 15 is 0 Å². The van der Waals surface area contributed by atoms with Gasteiger partial charge in [-0.2, -0.15) is 0 Å². The lowest BCUT2D eigenvalue weighted by molar-refractivity contribution is -0.870. The third-order valence-corrected chi connectivity index (χ3v) is 14.6. The number of phosphoric ester groups is 1. The molecule has 3 unspecified atom stereocenters. The van der Waals surface area contributed by atoms with E-state index in [1.165, 1.54) is 154 Å². The molecular weight excluding hydrogens is 936 g/mol. The molecule has 0 aromatic heterocycles. The number of nitrogens with one attached hydrogen (secondary N) is 1. The summed E-state index contributed by atoms with van der Waals surface area (Å²) in [5.41, 5.74) is 0. The molecule has 74 heavy (non-hydrogen) atoms. The Kier molecular flexibility index (Phi) is 53.7. The van der Waals surface area contributed by atoms with E-state index in [0.29, 0.717) is 23.9 Å². The van der Waals surface area contributed by atoms with Gasteiger partial charge < -0.3 is 19.8 Å². The lowest BCUT2D eigenvalue weighted by Gasteiger charge is -2.26. The minimum atomic E-state index is -4.34. The SMILES string of the molecule is CC/C=C\C/C=C\C/C=C\C/C=C\C/C=C\C/C=C\C/C=C\CCCCCC(=O)NC(COP(=O)(O)OCC[N+](C)(C)C)C(O)CCCCCCCCCCCCCCCCCCCCCCCCCCCCC. The fourth-order valence-electron chi connectivity index (χ4n) is 8.85. The average molecular weight is 1060 g/mol. The normalized spacial score (nSPS) is 14.4. The highest BCUT2D eigenvalue weighted by Gasteiger charge is 2.28. The van der Waals surface area contributed by atoms with Crippen molar-refractivity contribution < 1.29 is 32.9 Å². The van der Waals surface area contributed by atoms with Crippen LogP contribution in [-0.2, 0) is 18.4 Å². The molecule has 430 valence electrons. The Balaban J connectivity index is 4.21. The maximum absolute atomic E-state index is 13.0. The second-order valence-electron chi connectivity index (χ2n) is 22.1. The summed E-state index contributed by atoms with van der Waals surface area (Å²) in [6.07, 6.45) is 78.0. The molecule has 0 spiro atoms. The van der Waals surface area contributed by atoms with Crippen LogP contribution in [0.15, 0.2) is 85.1 Å². The Hall–Kier alpha value is -2.32. The van der Waals surface area contributed by atoms with Crippen molar-refractivity contribution in [3.05, 3.63) is 85.1 Å². The molecule has 0 aromatic carbocycles. The first-order chi connectivity index (χ1) is 36.0. The molecular formula is C65H120N2O6P+. The van der Waals surface area contributed by atoms with Crippen molar-refractivity contribution in [3.8, 4) is 0 Å². The van der Waals surface area contributed by atoms with Gasteiger partial charge in [-0.15, -0.1) is 0 Å². The predicted molar refractivity (Wildman–Crippen MR) is 323 cm³/mol. The number of quaternary nitrogens is 1. The van der Waals surface area contributed by atoms with Crippen molar-refractivity contribution in [2.45, 2.75) is 283 Å². The lowest BCUT2D eigenvalue weighted by Crippen LogP contribution is -2.46. The zero-order chi connectivity index (χ0) is 54.2. The number of hydrogen-bond acceptors (Lipinski definition) is 5. The van der Waals surface area contributed by atoms with Crippen LogP contribution in [0.25, 0.3) is 0 Å².